The molecule has 1 atom stereocenters. The van der Waals surface area contributed by atoms with Crippen LogP contribution in [-0.2, 0) is 20.5 Å². The largest absolute Gasteiger partial charge is 0.340 e. The number of nitrogens with zero attached hydrogens (tertiary/aromatic N) is 4. The molecule has 5 heteroatoms. The number of hydrogen-bond acceptors (Lipinski definition) is 3. The number of imidazole rings is 2. The van der Waals surface area contributed by atoms with Crippen LogP contribution in [0.3, 0.4) is 0 Å². The topological polar surface area (TPSA) is 47.7 Å². The van der Waals surface area contributed by atoms with E-state index in [0.29, 0.717) is 0 Å². The molecule has 2 aromatic rings. The maximum Gasteiger partial charge on any atom is 0.110 e. The van der Waals surface area contributed by atoms with Gasteiger partial charge in [-0.1, -0.05) is 0 Å². The van der Waals surface area contributed by atoms with Crippen molar-refractivity contribution in [1.82, 2.24) is 24.4 Å². The van der Waals surface area contributed by atoms with Gasteiger partial charge in [0, 0.05) is 39.1 Å². The van der Waals surface area contributed by atoms with Crippen LogP contribution in [-0.4, -0.2) is 26.1 Å². The van der Waals surface area contributed by atoms with Gasteiger partial charge in [-0.25, -0.2) is 9.97 Å². The Morgan fingerprint density at radius 1 is 1.38 bits per heavy atom. The van der Waals surface area contributed by atoms with Gasteiger partial charge in [0.1, 0.15) is 5.82 Å². The number of aryl methyl sites for hydroxylation is 2. The first kappa shape index (κ1) is 10.9. The van der Waals surface area contributed by atoms with Gasteiger partial charge in [0.2, 0.25) is 0 Å². The molecule has 2 heterocycles. The maximum absolute atomic E-state index is 4.36. The van der Waals surface area contributed by atoms with Crippen LogP contribution in [0.1, 0.15) is 17.6 Å². The first-order valence-corrected chi connectivity index (χ1v) is 5.32. The van der Waals surface area contributed by atoms with Crippen molar-refractivity contribution < 1.29 is 0 Å². The molecule has 0 radical (unpaired) electrons. The van der Waals surface area contributed by atoms with E-state index in [9.17, 15) is 0 Å². The van der Waals surface area contributed by atoms with Crippen molar-refractivity contribution in [1.29, 1.82) is 0 Å². The Kier molecular flexibility index (Phi) is 3.05. The van der Waals surface area contributed by atoms with E-state index in [1.807, 2.05) is 55.2 Å². The molecule has 1 N–H and O–H groups in total. The Balaban J connectivity index is 2.15. The lowest BCUT2D eigenvalue weighted by molar-refractivity contribution is 0.552. The van der Waals surface area contributed by atoms with Crippen LogP contribution < -0.4 is 5.32 Å². The third kappa shape index (κ3) is 2.14. The van der Waals surface area contributed by atoms with Crippen molar-refractivity contribution in [3.63, 3.8) is 0 Å². The molecule has 0 bridgehead atoms. The van der Waals surface area contributed by atoms with Crippen LogP contribution in [0.5, 0.6) is 0 Å². The molecule has 2 aromatic heterocycles. The molecule has 0 saturated heterocycles. The summed E-state index contributed by atoms with van der Waals surface area (Å²) in [7, 11) is 5.93. The highest BCUT2D eigenvalue weighted by Gasteiger charge is 2.14. The minimum absolute atomic E-state index is 0.210. The van der Waals surface area contributed by atoms with Crippen molar-refractivity contribution >= 4 is 0 Å². The molecule has 0 aromatic carbocycles. The van der Waals surface area contributed by atoms with Gasteiger partial charge < -0.3 is 14.5 Å². The van der Waals surface area contributed by atoms with E-state index in [2.05, 4.69) is 15.3 Å². The highest BCUT2D eigenvalue weighted by molar-refractivity contribution is 5.07. The van der Waals surface area contributed by atoms with E-state index in [1.165, 1.54) is 0 Å². The summed E-state index contributed by atoms with van der Waals surface area (Å²) in [6.07, 6.45) is 8.47. The van der Waals surface area contributed by atoms with E-state index >= 15 is 0 Å². The summed E-state index contributed by atoms with van der Waals surface area (Å²) in [4.78, 5) is 8.68. The smallest absolute Gasteiger partial charge is 0.110 e. The molecular weight excluding hydrogens is 202 g/mol. The molecule has 0 aliphatic carbocycles. The Morgan fingerprint density at radius 2 is 2.19 bits per heavy atom. The molecule has 0 fully saturated rings. The van der Waals surface area contributed by atoms with E-state index in [0.717, 1.165) is 17.9 Å². The third-order valence-corrected chi connectivity index (χ3v) is 2.74. The molecule has 5 nitrogen and oxygen atoms in total. The lowest BCUT2D eigenvalue weighted by Crippen LogP contribution is -2.20. The molecule has 0 spiro atoms. The Hall–Kier alpha value is -1.62. The zero-order valence-corrected chi connectivity index (χ0v) is 9.88. The summed E-state index contributed by atoms with van der Waals surface area (Å²) in [5.74, 6) is 1.06. The Bertz CT molecular complexity index is 456. The van der Waals surface area contributed by atoms with Crippen LogP contribution >= 0.6 is 0 Å². The van der Waals surface area contributed by atoms with Crippen LogP contribution in [0, 0.1) is 0 Å². The highest BCUT2D eigenvalue weighted by Crippen LogP contribution is 2.14. The monoisotopic (exact) mass is 219 g/mol. The first-order valence-electron chi connectivity index (χ1n) is 5.32. The number of hydrogen-bond donors (Lipinski definition) is 1. The van der Waals surface area contributed by atoms with Gasteiger partial charge in [-0.3, -0.25) is 0 Å². The van der Waals surface area contributed by atoms with Gasteiger partial charge in [0.15, 0.2) is 0 Å². The summed E-state index contributed by atoms with van der Waals surface area (Å²) >= 11 is 0. The Morgan fingerprint density at radius 3 is 2.69 bits per heavy atom. The highest BCUT2D eigenvalue weighted by atomic mass is 15.1. The fourth-order valence-electron chi connectivity index (χ4n) is 1.74. The SMILES string of the molecule is CNC(Cc1nccn1C)c1cn(C)cn1. The molecule has 0 amide bonds. The average molecular weight is 219 g/mol. The van der Waals surface area contributed by atoms with Gasteiger partial charge in [-0.2, -0.15) is 0 Å². The Labute approximate surface area is 95.1 Å². The fourth-order valence-corrected chi connectivity index (χ4v) is 1.74. The first-order chi connectivity index (χ1) is 7.70. The zero-order chi connectivity index (χ0) is 11.5. The van der Waals surface area contributed by atoms with Crippen molar-refractivity contribution in [3.8, 4) is 0 Å². The van der Waals surface area contributed by atoms with Crippen molar-refractivity contribution in [3.05, 3.63) is 36.4 Å². The van der Waals surface area contributed by atoms with Crippen molar-refractivity contribution in [2.24, 2.45) is 14.1 Å². The van der Waals surface area contributed by atoms with Crippen LogP contribution in [0.25, 0.3) is 0 Å². The third-order valence-electron chi connectivity index (χ3n) is 2.74. The number of likely N-dealkylation sites (N-methyl/N-ethyl adjacent to an activating group) is 1. The van der Waals surface area contributed by atoms with Gasteiger partial charge in [0.25, 0.3) is 0 Å². The van der Waals surface area contributed by atoms with E-state index < -0.39 is 0 Å². The van der Waals surface area contributed by atoms with E-state index in [4.69, 9.17) is 0 Å². The minimum Gasteiger partial charge on any atom is -0.340 e. The molecule has 0 aliphatic heterocycles. The average Bonchev–Trinajstić information content (AvgIpc) is 2.85. The summed E-state index contributed by atoms with van der Waals surface area (Å²) in [5, 5.41) is 3.27. The van der Waals surface area contributed by atoms with Crippen molar-refractivity contribution in [2.75, 3.05) is 7.05 Å². The summed E-state index contributed by atoms with van der Waals surface area (Å²) in [5.41, 5.74) is 1.05. The molecule has 0 saturated carbocycles. The fraction of sp³-hybridized carbons (Fsp3) is 0.455. The van der Waals surface area contributed by atoms with Crippen LogP contribution in [0.15, 0.2) is 24.9 Å². The molecule has 1 unspecified atom stereocenters. The standard InChI is InChI=1S/C11H17N5/c1-12-9(10-7-15(2)8-14-10)6-11-13-4-5-16(11)3/h4-5,7-9,12H,6H2,1-3H3. The second-order valence-corrected chi connectivity index (χ2v) is 3.96. The van der Waals surface area contributed by atoms with Crippen molar-refractivity contribution in [2.45, 2.75) is 12.5 Å². The summed E-state index contributed by atoms with van der Waals surface area (Å²) in [6.45, 7) is 0. The van der Waals surface area contributed by atoms with Crippen LogP contribution in [0.4, 0.5) is 0 Å². The van der Waals surface area contributed by atoms with Gasteiger partial charge in [-0.05, 0) is 7.05 Å². The summed E-state index contributed by atoms with van der Waals surface area (Å²) < 4.78 is 3.99. The number of rotatable bonds is 4. The molecule has 86 valence electrons. The van der Waals surface area contributed by atoms with Gasteiger partial charge >= 0.3 is 0 Å². The lowest BCUT2D eigenvalue weighted by atomic mass is 10.1. The molecule has 2 rings (SSSR count). The van der Waals surface area contributed by atoms with E-state index in [-0.39, 0.29) is 6.04 Å². The number of aromatic nitrogens is 4. The maximum atomic E-state index is 4.36. The predicted molar refractivity (Wildman–Crippen MR) is 61.9 cm³/mol. The second-order valence-electron chi connectivity index (χ2n) is 3.96. The lowest BCUT2D eigenvalue weighted by Gasteiger charge is -2.13. The van der Waals surface area contributed by atoms with Gasteiger partial charge in [-0.15, -0.1) is 0 Å². The number of nitrogens with one attached hydrogen (secondary N) is 1. The zero-order valence-electron chi connectivity index (χ0n) is 9.88. The van der Waals surface area contributed by atoms with E-state index in [1.54, 1.807) is 0 Å². The quantitative estimate of drug-likeness (QED) is 0.821. The molecule has 16 heavy (non-hydrogen) atoms. The summed E-state index contributed by atoms with van der Waals surface area (Å²) in [6, 6.07) is 0.210. The molecular formula is C11H17N5. The molecule has 0 aliphatic rings. The predicted octanol–water partition coefficient (Wildman–Crippen LogP) is 0.657. The van der Waals surface area contributed by atoms with Gasteiger partial charge in [0.05, 0.1) is 18.1 Å². The second kappa shape index (κ2) is 4.49. The van der Waals surface area contributed by atoms with Crippen LogP contribution in [0.2, 0.25) is 0 Å². The minimum atomic E-state index is 0.210. The normalized spacial score (nSPS) is 12.9.